The smallest absolute Gasteiger partial charge is 0.226 e. The SMILES string of the molecule is C=NC1=C(/C=C(\C)Oc2ncccc2-c2ccccc2OC)CCC=C1. The Hall–Kier alpha value is -3.14. The molecule has 1 aromatic carbocycles. The fraction of sp³-hybridized carbons (Fsp3) is 0.182. The van der Waals surface area contributed by atoms with E-state index in [1.807, 2.05) is 55.5 Å². The minimum absolute atomic E-state index is 0.547. The molecule has 1 heterocycles. The van der Waals surface area contributed by atoms with Crippen LogP contribution in [-0.2, 0) is 0 Å². The fourth-order valence-electron chi connectivity index (χ4n) is 2.94. The highest BCUT2D eigenvalue weighted by Crippen LogP contribution is 2.35. The van der Waals surface area contributed by atoms with E-state index in [0.717, 1.165) is 46.7 Å². The molecule has 0 atom stereocenters. The molecule has 4 heteroatoms. The molecule has 0 saturated heterocycles. The first-order valence-corrected chi connectivity index (χ1v) is 8.54. The minimum atomic E-state index is 0.547. The van der Waals surface area contributed by atoms with Gasteiger partial charge in [0.2, 0.25) is 5.88 Å². The maximum Gasteiger partial charge on any atom is 0.226 e. The van der Waals surface area contributed by atoms with Crippen molar-refractivity contribution in [2.45, 2.75) is 19.8 Å². The number of aromatic nitrogens is 1. The molecule has 0 radical (unpaired) electrons. The van der Waals surface area contributed by atoms with Crippen molar-refractivity contribution < 1.29 is 9.47 Å². The summed E-state index contributed by atoms with van der Waals surface area (Å²) >= 11 is 0. The molecule has 3 rings (SSSR count). The lowest BCUT2D eigenvalue weighted by molar-refractivity contribution is 0.407. The summed E-state index contributed by atoms with van der Waals surface area (Å²) in [6, 6.07) is 11.7. The first-order valence-electron chi connectivity index (χ1n) is 8.54. The largest absolute Gasteiger partial charge is 0.496 e. The van der Waals surface area contributed by atoms with Crippen LogP contribution in [0.1, 0.15) is 19.8 Å². The molecule has 132 valence electrons. The number of ether oxygens (including phenoxy) is 2. The molecule has 0 unspecified atom stereocenters. The van der Waals surface area contributed by atoms with Gasteiger partial charge < -0.3 is 9.47 Å². The van der Waals surface area contributed by atoms with Crippen LogP contribution in [0, 0.1) is 0 Å². The highest BCUT2D eigenvalue weighted by Gasteiger charge is 2.13. The Morgan fingerprint density at radius 1 is 1.19 bits per heavy atom. The zero-order chi connectivity index (χ0) is 18.4. The number of hydrogen-bond donors (Lipinski definition) is 0. The summed E-state index contributed by atoms with van der Waals surface area (Å²) in [4.78, 5) is 8.51. The average molecular weight is 346 g/mol. The van der Waals surface area contributed by atoms with E-state index in [4.69, 9.17) is 9.47 Å². The number of methoxy groups -OCH3 is 1. The van der Waals surface area contributed by atoms with Crippen LogP contribution < -0.4 is 9.47 Å². The lowest BCUT2D eigenvalue weighted by atomic mass is 10.0. The first-order chi connectivity index (χ1) is 12.7. The third-order valence-corrected chi connectivity index (χ3v) is 4.16. The Morgan fingerprint density at radius 3 is 2.81 bits per heavy atom. The number of rotatable bonds is 6. The zero-order valence-electron chi connectivity index (χ0n) is 15.1. The molecule has 4 nitrogen and oxygen atoms in total. The van der Waals surface area contributed by atoms with E-state index in [1.54, 1.807) is 13.3 Å². The van der Waals surface area contributed by atoms with Crippen molar-refractivity contribution in [2.75, 3.05) is 7.11 Å². The molecule has 0 spiro atoms. The molecule has 2 aromatic rings. The monoisotopic (exact) mass is 346 g/mol. The van der Waals surface area contributed by atoms with Crippen molar-refractivity contribution in [3.63, 3.8) is 0 Å². The molecule has 1 aromatic heterocycles. The van der Waals surface area contributed by atoms with Gasteiger partial charge in [0.1, 0.15) is 11.5 Å². The number of nitrogens with zero attached hydrogens (tertiary/aromatic N) is 2. The maximum absolute atomic E-state index is 6.07. The van der Waals surface area contributed by atoms with Crippen molar-refractivity contribution in [3.8, 4) is 22.8 Å². The lowest BCUT2D eigenvalue weighted by Gasteiger charge is -2.14. The lowest BCUT2D eigenvalue weighted by Crippen LogP contribution is -1.99. The Balaban J connectivity index is 1.94. The van der Waals surface area contributed by atoms with E-state index in [9.17, 15) is 0 Å². The van der Waals surface area contributed by atoms with Gasteiger partial charge in [-0.05, 0) is 62.4 Å². The first kappa shape index (κ1) is 17.7. The van der Waals surface area contributed by atoms with E-state index >= 15 is 0 Å². The molecule has 0 fully saturated rings. The average Bonchev–Trinajstić information content (AvgIpc) is 2.68. The minimum Gasteiger partial charge on any atom is -0.496 e. The Morgan fingerprint density at radius 2 is 2.00 bits per heavy atom. The molecule has 0 N–H and O–H groups in total. The van der Waals surface area contributed by atoms with Crippen LogP contribution in [-0.4, -0.2) is 18.8 Å². The van der Waals surface area contributed by atoms with Gasteiger partial charge in [0.05, 0.1) is 12.8 Å². The summed E-state index contributed by atoms with van der Waals surface area (Å²) < 4.78 is 11.5. The van der Waals surface area contributed by atoms with Gasteiger partial charge in [0.25, 0.3) is 0 Å². The Labute approximate surface area is 154 Å². The standard InChI is InChI=1S/C22H22N2O2/c1-16(15-17-9-4-6-12-20(17)23-2)26-22-19(11-8-14-24-22)18-10-5-7-13-21(18)25-3/h5-8,10-15H,2,4,9H2,1,3H3/b16-15+. The van der Waals surface area contributed by atoms with Crippen molar-refractivity contribution in [2.24, 2.45) is 4.99 Å². The Bertz CT molecular complexity index is 895. The van der Waals surface area contributed by atoms with Crippen LogP contribution in [0.4, 0.5) is 0 Å². The summed E-state index contributed by atoms with van der Waals surface area (Å²) in [5.41, 5.74) is 3.84. The summed E-state index contributed by atoms with van der Waals surface area (Å²) in [5, 5.41) is 0. The summed E-state index contributed by atoms with van der Waals surface area (Å²) in [6.07, 6.45) is 9.75. The number of aliphatic imine (C=N–C) groups is 1. The predicted octanol–water partition coefficient (Wildman–Crippen LogP) is 5.34. The molecular weight excluding hydrogens is 324 g/mol. The van der Waals surface area contributed by atoms with E-state index < -0.39 is 0 Å². The molecule has 0 amide bonds. The topological polar surface area (TPSA) is 43.7 Å². The third kappa shape index (κ3) is 3.91. The van der Waals surface area contributed by atoms with Gasteiger partial charge >= 0.3 is 0 Å². The van der Waals surface area contributed by atoms with Crippen molar-refractivity contribution in [1.29, 1.82) is 0 Å². The van der Waals surface area contributed by atoms with Gasteiger partial charge in [0.15, 0.2) is 0 Å². The second kappa shape index (κ2) is 8.30. The van der Waals surface area contributed by atoms with Gasteiger partial charge in [0, 0.05) is 17.3 Å². The zero-order valence-corrected chi connectivity index (χ0v) is 15.1. The third-order valence-electron chi connectivity index (χ3n) is 4.16. The van der Waals surface area contributed by atoms with Crippen LogP contribution in [0.5, 0.6) is 11.6 Å². The second-order valence-corrected chi connectivity index (χ2v) is 5.92. The molecular formula is C22H22N2O2. The van der Waals surface area contributed by atoms with Crippen LogP contribution in [0.2, 0.25) is 0 Å². The molecule has 1 aliphatic carbocycles. The number of allylic oxidation sites excluding steroid dienone is 5. The molecule has 0 saturated carbocycles. The summed E-state index contributed by atoms with van der Waals surface area (Å²) in [6.45, 7) is 5.57. The van der Waals surface area contributed by atoms with Gasteiger partial charge in [-0.3, -0.25) is 4.99 Å². The van der Waals surface area contributed by atoms with E-state index in [2.05, 4.69) is 22.8 Å². The quantitative estimate of drug-likeness (QED) is 0.523. The number of benzene rings is 1. The van der Waals surface area contributed by atoms with Crippen LogP contribution in [0.15, 0.2) is 82.8 Å². The van der Waals surface area contributed by atoms with Crippen molar-refractivity contribution in [1.82, 2.24) is 4.98 Å². The van der Waals surface area contributed by atoms with Gasteiger partial charge in [-0.2, -0.15) is 0 Å². The van der Waals surface area contributed by atoms with Gasteiger partial charge in [-0.25, -0.2) is 4.98 Å². The highest BCUT2D eigenvalue weighted by atomic mass is 16.5. The molecule has 0 aliphatic heterocycles. The molecule has 1 aliphatic rings. The molecule has 0 bridgehead atoms. The van der Waals surface area contributed by atoms with E-state index in [-0.39, 0.29) is 0 Å². The summed E-state index contributed by atoms with van der Waals surface area (Å²) in [5.74, 6) is 2.09. The fourth-order valence-corrected chi connectivity index (χ4v) is 2.94. The highest BCUT2D eigenvalue weighted by molar-refractivity contribution is 5.74. The van der Waals surface area contributed by atoms with Crippen LogP contribution in [0.3, 0.4) is 0 Å². The number of pyridine rings is 1. The second-order valence-electron chi connectivity index (χ2n) is 5.92. The van der Waals surface area contributed by atoms with E-state index in [1.165, 1.54) is 0 Å². The van der Waals surface area contributed by atoms with Crippen molar-refractivity contribution >= 4 is 6.72 Å². The Kier molecular flexibility index (Phi) is 5.64. The van der Waals surface area contributed by atoms with Crippen molar-refractivity contribution in [3.05, 3.63) is 77.9 Å². The summed E-state index contributed by atoms with van der Waals surface area (Å²) in [7, 11) is 1.66. The predicted molar refractivity (Wildman–Crippen MR) is 106 cm³/mol. The normalized spacial score (nSPS) is 14.3. The molecule has 26 heavy (non-hydrogen) atoms. The number of hydrogen-bond acceptors (Lipinski definition) is 4. The van der Waals surface area contributed by atoms with Gasteiger partial charge in [-0.15, -0.1) is 0 Å². The maximum atomic E-state index is 6.07. The van der Waals surface area contributed by atoms with Crippen LogP contribution in [0.25, 0.3) is 11.1 Å². The van der Waals surface area contributed by atoms with Gasteiger partial charge in [-0.1, -0.05) is 24.3 Å². The van der Waals surface area contributed by atoms with Crippen LogP contribution >= 0.6 is 0 Å². The van der Waals surface area contributed by atoms with E-state index in [0.29, 0.717) is 5.88 Å². The number of para-hydroxylation sites is 1.